The number of pyridine rings is 2. The highest BCUT2D eigenvalue weighted by Gasteiger charge is 2.14. The number of nitrogens with zero attached hydrogens (tertiary/aromatic N) is 2. The molecule has 2 aromatic heterocycles. The third-order valence-electron chi connectivity index (χ3n) is 3.39. The van der Waals surface area contributed by atoms with Crippen LogP contribution >= 0.6 is 0 Å². The van der Waals surface area contributed by atoms with Gasteiger partial charge in [0, 0.05) is 29.7 Å². The van der Waals surface area contributed by atoms with Crippen LogP contribution < -0.4 is 0 Å². The van der Waals surface area contributed by atoms with Gasteiger partial charge in [0.05, 0.1) is 11.3 Å². The predicted molar refractivity (Wildman–Crippen MR) is 84.6 cm³/mol. The van der Waals surface area contributed by atoms with Crippen molar-refractivity contribution in [3.05, 3.63) is 72.2 Å². The summed E-state index contributed by atoms with van der Waals surface area (Å²) < 4.78 is 0. The third kappa shape index (κ3) is 2.72. The average molecular weight is 290 g/mol. The van der Waals surface area contributed by atoms with Crippen LogP contribution in [-0.4, -0.2) is 21.0 Å². The van der Waals surface area contributed by atoms with E-state index >= 15 is 0 Å². The molecule has 0 aliphatic heterocycles. The molecule has 0 fully saturated rings. The Balaban J connectivity index is 2.14. The summed E-state index contributed by atoms with van der Waals surface area (Å²) in [6.07, 6.45) is 5.04. The van der Waals surface area contributed by atoms with Gasteiger partial charge >= 0.3 is 5.97 Å². The smallest absolute Gasteiger partial charge is 0.336 e. The van der Waals surface area contributed by atoms with Crippen LogP contribution in [-0.2, 0) is 0 Å². The number of benzene rings is 1. The van der Waals surface area contributed by atoms with Crippen molar-refractivity contribution in [1.29, 1.82) is 0 Å². The second-order valence-electron chi connectivity index (χ2n) is 5.04. The van der Waals surface area contributed by atoms with E-state index in [1.165, 1.54) is 0 Å². The SMILES string of the molecule is Cc1cncc(-c2cc(C(=O)O)c(-c3ccccc3)cn2)c1. The lowest BCUT2D eigenvalue weighted by Crippen LogP contribution is -2.01. The Morgan fingerprint density at radius 3 is 2.45 bits per heavy atom. The van der Waals surface area contributed by atoms with E-state index in [1.54, 1.807) is 24.7 Å². The Morgan fingerprint density at radius 1 is 1.00 bits per heavy atom. The quantitative estimate of drug-likeness (QED) is 0.796. The van der Waals surface area contributed by atoms with Gasteiger partial charge in [0.15, 0.2) is 0 Å². The van der Waals surface area contributed by atoms with Crippen LogP contribution in [0, 0.1) is 6.92 Å². The fourth-order valence-corrected chi connectivity index (χ4v) is 2.33. The summed E-state index contributed by atoms with van der Waals surface area (Å²) >= 11 is 0. The largest absolute Gasteiger partial charge is 0.478 e. The van der Waals surface area contributed by atoms with E-state index < -0.39 is 5.97 Å². The molecule has 1 N–H and O–H groups in total. The first-order valence-electron chi connectivity index (χ1n) is 6.86. The van der Waals surface area contributed by atoms with Crippen LogP contribution in [0.3, 0.4) is 0 Å². The minimum atomic E-state index is -0.969. The van der Waals surface area contributed by atoms with E-state index in [0.29, 0.717) is 11.3 Å². The lowest BCUT2D eigenvalue weighted by atomic mass is 10.00. The number of hydrogen-bond donors (Lipinski definition) is 1. The minimum Gasteiger partial charge on any atom is -0.478 e. The molecule has 0 bridgehead atoms. The van der Waals surface area contributed by atoms with E-state index in [1.807, 2.05) is 43.3 Å². The zero-order valence-corrected chi connectivity index (χ0v) is 12.0. The van der Waals surface area contributed by atoms with Crippen LogP contribution in [0.5, 0.6) is 0 Å². The zero-order chi connectivity index (χ0) is 15.5. The molecular formula is C18H14N2O2. The molecule has 108 valence electrons. The van der Waals surface area contributed by atoms with Gasteiger partial charge in [0.2, 0.25) is 0 Å². The fourth-order valence-electron chi connectivity index (χ4n) is 2.33. The third-order valence-corrected chi connectivity index (χ3v) is 3.39. The number of carboxylic acid groups (broad SMARTS) is 1. The van der Waals surface area contributed by atoms with E-state index in [9.17, 15) is 9.90 Å². The maximum Gasteiger partial charge on any atom is 0.336 e. The molecule has 3 aromatic rings. The molecular weight excluding hydrogens is 276 g/mol. The molecule has 3 rings (SSSR count). The summed E-state index contributed by atoms with van der Waals surface area (Å²) in [5, 5.41) is 9.51. The van der Waals surface area contributed by atoms with Crippen molar-refractivity contribution in [2.75, 3.05) is 0 Å². The molecule has 1 aromatic carbocycles. The Hall–Kier alpha value is -3.01. The van der Waals surface area contributed by atoms with Crippen LogP contribution in [0.1, 0.15) is 15.9 Å². The van der Waals surface area contributed by atoms with Gasteiger partial charge in [0.1, 0.15) is 0 Å². The van der Waals surface area contributed by atoms with E-state index in [0.717, 1.165) is 16.7 Å². The summed E-state index contributed by atoms with van der Waals surface area (Å²) in [7, 11) is 0. The Kier molecular flexibility index (Phi) is 3.66. The van der Waals surface area contributed by atoms with Crippen LogP contribution in [0.4, 0.5) is 0 Å². The van der Waals surface area contributed by atoms with Crippen molar-refractivity contribution < 1.29 is 9.90 Å². The number of aromatic carboxylic acids is 1. The van der Waals surface area contributed by atoms with Crippen molar-refractivity contribution >= 4 is 5.97 Å². The minimum absolute atomic E-state index is 0.234. The van der Waals surface area contributed by atoms with Gasteiger partial charge < -0.3 is 5.11 Å². The number of aryl methyl sites for hydroxylation is 1. The monoisotopic (exact) mass is 290 g/mol. The Morgan fingerprint density at radius 2 is 1.77 bits per heavy atom. The van der Waals surface area contributed by atoms with Gasteiger partial charge in [-0.3, -0.25) is 9.97 Å². The van der Waals surface area contributed by atoms with E-state index in [4.69, 9.17) is 0 Å². The highest BCUT2D eigenvalue weighted by molar-refractivity contribution is 5.96. The maximum atomic E-state index is 11.6. The molecule has 4 nitrogen and oxygen atoms in total. The van der Waals surface area contributed by atoms with Gasteiger partial charge in [-0.05, 0) is 30.2 Å². The summed E-state index contributed by atoms with van der Waals surface area (Å²) in [6, 6.07) is 12.9. The van der Waals surface area contributed by atoms with Crippen molar-refractivity contribution in [2.24, 2.45) is 0 Å². The van der Waals surface area contributed by atoms with Gasteiger partial charge in [-0.1, -0.05) is 30.3 Å². The molecule has 0 atom stereocenters. The number of carboxylic acids is 1. The van der Waals surface area contributed by atoms with Gasteiger partial charge in [0.25, 0.3) is 0 Å². The molecule has 4 heteroatoms. The molecule has 22 heavy (non-hydrogen) atoms. The summed E-state index contributed by atoms with van der Waals surface area (Å²) in [6.45, 7) is 1.94. The lowest BCUT2D eigenvalue weighted by Gasteiger charge is -2.09. The molecule has 0 unspecified atom stereocenters. The first-order valence-corrected chi connectivity index (χ1v) is 6.86. The number of carbonyl (C=O) groups is 1. The number of rotatable bonds is 3. The van der Waals surface area contributed by atoms with Gasteiger partial charge in [-0.15, -0.1) is 0 Å². The zero-order valence-electron chi connectivity index (χ0n) is 12.0. The second-order valence-corrected chi connectivity index (χ2v) is 5.04. The van der Waals surface area contributed by atoms with Crippen LogP contribution in [0.2, 0.25) is 0 Å². The van der Waals surface area contributed by atoms with Crippen molar-refractivity contribution in [3.63, 3.8) is 0 Å². The van der Waals surface area contributed by atoms with E-state index in [-0.39, 0.29) is 5.56 Å². The summed E-state index contributed by atoms with van der Waals surface area (Å²) in [4.78, 5) is 20.1. The molecule has 2 heterocycles. The first kappa shape index (κ1) is 13.9. The Bertz CT molecular complexity index is 830. The summed E-state index contributed by atoms with van der Waals surface area (Å²) in [5.41, 5.74) is 4.09. The molecule has 0 radical (unpaired) electrons. The van der Waals surface area contributed by atoms with Crippen molar-refractivity contribution in [2.45, 2.75) is 6.92 Å². The predicted octanol–water partition coefficient (Wildman–Crippen LogP) is 3.82. The molecule has 0 spiro atoms. The van der Waals surface area contributed by atoms with Crippen molar-refractivity contribution in [3.8, 4) is 22.4 Å². The lowest BCUT2D eigenvalue weighted by molar-refractivity contribution is 0.0697. The first-order chi connectivity index (χ1) is 10.6. The average Bonchev–Trinajstić information content (AvgIpc) is 2.55. The van der Waals surface area contributed by atoms with E-state index in [2.05, 4.69) is 9.97 Å². The Labute approximate surface area is 128 Å². The van der Waals surface area contributed by atoms with Crippen LogP contribution in [0.15, 0.2) is 61.1 Å². The molecule has 0 aliphatic carbocycles. The molecule has 0 aliphatic rings. The second kappa shape index (κ2) is 5.77. The van der Waals surface area contributed by atoms with Gasteiger partial charge in [-0.25, -0.2) is 4.79 Å². The molecule has 0 saturated heterocycles. The normalized spacial score (nSPS) is 10.4. The van der Waals surface area contributed by atoms with Gasteiger partial charge in [-0.2, -0.15) is 0 Å². The fraction of sp³-hybridized carbons (Fsp3) is 0.0556. The highest BCUT2D eigenvalue weighted by atomic mass is 16.4. The maximum absolute atomic E-state index is 11.6. The number of aromatic nitrogens is 2. The molecule has 0 amide bonds. The standard InChI is InChI=1S/C18H14N2O2/c1-12-7-14(10-19-9-12)17-8-15(18(21)22)16(11-20-17)13-5-3-2-4-6-13/h2-11H,1H3,(H,21,22). The van der Waals surface area contributed by atoms with Crippen molar-refractivity contribution in [1.82, 2.24) is 9.97 Å². The van der Waals surface area contributed by atoms with Crippen LogP contribution in [0.25, 0.3) is 22.4 Å². The topological polar surface area (TPSA) is 63.1 Å². The molecule has 0 saturated carbocycles. The number of hydrogen-bond acceptors (Lipinski definition) is 3. The highest BCUT2D eigenvalue weighted by Crippen LogP contribution is 2.27. The summed E-state index contributed by atoms with van der Waals surface area (Å²) in [5.74, 6) is -0.969.